The topological polar surface area (TPSA) is 52.2 Å². The summed E-state index contributed by atoms with van der Waals surface area (Å²) in [5, 5.41) is 7.48. The number of benzene rings is 1. The van der Waals surface area contributed by atoms with Crippen LogP contribution in [0.15, 0.2) is 30.3 Å². The number of nitrogens with zero attached hydrogens (tertiary/aromatic N) is 3. The summed E-state index contributed by atoms with van der Waals surface area (Å²) < 4.78 is 0. The first-order valence-electron chi connectivity index (χ1n) is 9.28. The van der Waals surface area contributed by atoms with Crippen molar-refractivity contribution in [2.24, 2.45) is 0 Å². The number of aryl methyl sites for hydroxylation is 1. The first kappa shape index (κ1) is 16.3. The molecule has 1 fully saturated rings. The lowest BCUT2D eigenvalue weighted by Crippen LogP contribution is -2.49. The summed E-state index contributed by atoms with van der Waals surface area (Å²) in [6.07, 6.45) is 3.23. The molecule has 5 heteroatoms. The van der Waals surface area contributed by atoms with Crippen LogP contribution >= 0.6 is 0 Å². The largest absolute Gasteiger partial charge is 0.310 e. The number of likely N-dealkylation sites (tertiary alicyclic amines) is 1. The fourth-order valence-electron chi connectivity index (χ4n) is 4.20. The fourth-order valence-corrected chi connectivity index (χ4v) is 4.20. The van der Waals surface area contributed by atoms with Gasteiger partial charge in [-0.2, -0.15) is 5.10 Å². The Kier molecular flexibility index (Phi) is 4.34. The van der Waals surface area contributed by atoms with E-state index in [9.17, 15) is 4.79 Å². The molecule has 0 radical (unpaired) electrons. The second-order valence-electron chi connectivity index (χ2n) is 7.35. The molecule has 1 N–H and O–H groups in total. The van der Waals surface area contributed by atoms with Gasteiger partial charge in [0.25, 0.3) is 0 Å². The molecule has 5 nitrogen and oxygen atoms in total. The molecule has 1 aromatic heterocycles. The SMILES string of the molecule is Cc1cc([C@@H]2CCCN([C@@H](C)C(=O)N3CCc4ccccc43)C2)n[nH]1. The number of para-hydroxylation sites is 1. The molecule has 4 rings (SSSR count). The van der Waals surface area contributed by atoms with Gasteiger partial charge in [-0.3, -0.25) is 14.8 Å². The average Bonchev–Trinajstić information content (AvgIpc) is 3.27. The summed E-state index contributed by atoms with van der Waals surface area (Å²) in [5.41, 5.74) is 4.61. The van der Waals surface area contributed by atoms with E-state index in [0.717, 1.165) is 56.0 Å². The van der Waals surface area contributed by atoms with Crippen LogP contribution in [0.3, 0.4) is 0 Å². The van der Waals surface area contributed by atoms with Crippen molar-refractivity contribution in [2.75, 3.05) is 24.5 Å². The summed E-state index contributed by atoms with van der Waals surface area (Å²) in [5.74, 6) is 0.642. The number of aromatic amines is 1. The van der Waals surface area contributed by atoms with Gasteiger partial charge in [0.2, 0.25) is 5.91 Å². The number of carbonyl (C=O) groups excluding carboxylic acids is 1. The van der Waals surface area contributed by atoms with Crippen molar-refractivity contribution < 1.29 is 4.79 Å². The number of H-pyrrole nitrogens is 1. The van der Waals surface area contributed by atoms with Gasteiger partial charge in [-0.25, -0.2) is 0 Å². The number of amides is 1. The number of carbonyl (C=O) groups is 1. The lowest BCUT2D eigenvalue weighted by molar-refractivity contribution is -0.123. The normalized spacial score (nSPS) is 22.0. The molecule has 25 heavy (non-hydrogen) atoms. The van der Waals surface area contributed by atoms with E-state index in [1.54, 1.807) is 0 Å². The number of nitrogens with one attached hydrogen (secondary N) is 1. The van der Waals surface area contributed by atoms with Crippen LogP contribution in [0.2, 0.25) is 0 Å². The van der Waals surface area contributed by atoms with Gasteiger partial charge < -0.3 is 4.90 Å². The van der Waals surface area contributed by atoms with Crippen molar-refractivity contribution in [3.05, 3.63) is 47.3 Å². The highest BCUT2D eigenvalue weighted by atomic mass is 16.2. The summed E-state index contributed by atoms with van der Waals surface area (Å²) in [4.78, 5) is 17.4. The minimum Gasteiger partial charge on any atom is -0.310 e. The van der Waals surface area contributed by atoms with E-state index in [2.05, 4.69) is 46.3 Å². The van der Waals surface area contributed by atoms with E-state index in [1.807, 2.05) is 17.9 Å². The molecule has 3 heterocycles. The second kappa shape index (κ2) is 6.64. The molecule has 2 aliphatic heterocycles. The lowest BCUT2D eigenvalue weighted by Gasteiger charge is -2.37. The standard InChI is InChI=1S/C20H26N4O/c1-14-12-18(22-21-14)17-7-5-10-23(13-17)15(2)20(25)24-11-9-16-6-3-4-8-19(16)24/h3-4,6,8,12,15,17H,5,7,9-11,13H2,1-2H3,(H,21,22)/t15-,17+/m0/s1. The van der Waals surface area contributed by atoms with Gasteiger partial charge in [0.05, 0.1) is 11.7 Å². The fraction of sp³-hybridized carbons (Fsp3) is 0.500. The summed E-state index contributed by atoms with van der Waals surface area (Å²) in [6, 6.07) is 10.3. The Hall–Kier alpha value is -2.14. The smallest absolute Gasteiger partial charge is 0.244 e. The molecular formula is C20H26N4O. The van der Waals surface area contributed by atoms with Gasteiger partial charge in [0.15, 0.2) is 0 Å². The van der Waals surface area contributed by atoms with E-state index < -0.39 is 0 Å². The maximum atomic E-state index is 13.1. The molecule has 1 amide bonds. The van der Waals surface area contributed by atoms with E-state index in [4.69, 9.17) is 0 Å². The number of rotatable bonds is 3. The van der Waals surface area contributed by atoms with Crippen LogP contribution in [0, 0.1) is 6.92 Å². The Morgan fingerprint density at radius 3 is 2.96 bits per heavy atom. The van der Waals surface area contributed by atoms with Gasteiger partial charge in [-0.15, -0.1) is 0 Å². The molecule has 1 aromatic carbocycles. The minimum absolute atomic E-state index is 0.0889. The average molecular weight is 338 g/mol. The lowest BCUT2D eigenvalue weighted by atomic mass is 9.93. The molecule has 132 valence electrons. The van der Waals surface area contributed by atoms with Crippen LogP contribution in [-0.2, 0) is 11.2 Å². The quantitative estimate of drug-likeness (QED) is 0.936. The highest BCUT2D eigenvalue weighted by Crippen LogP contribution is 2.31. The number of anilines is 1. The third-order valence-corrected chi connectivity index (χ3v) is 5.66. The predicted octanol–water partition coefficient (Wildman–Crippen LogP) is 2.88. The number of hydrogen-bond donors (Lipinski definition) is 1. The van der Waals surface area contributed by atoms with E-state index in [0.29, 0.717) is 5.92 Å². The third kappa shape index (κ3) is 3.09. The maximum absolute atomic E-state index is 13.1. The maximum Gasteiger partial charge on any atom is 0.244 e. The van der Waals surface area contributed by atoms with Gasteiger partial charge in [-0.1, -0.05) is 18.2 Å². The van der Waals surface area contributed by atoms with Crippen molar-refractivity contribution in [1.82, 2.24) is 15.1 Å². The molecule has 0 saturated carbocycles. The molecule has 0 spiro atoms. The van der Waals surface area contributed by atoms with Gasteiger partial charge >= 0.3 is 0 Å². The van der Waals surface area contributed by atoms with Crippen LogP contribution in [0.1, 0.15) is 42.6 Å². The van der Waals surface area contributed by atoms with Gasteiger partial charge in [0.1, 0.15) is 0 Å². The Bertz CT molecular complexity index is 769. The summed E-state index contributed by atoms with van der Waals surface area (Å²) >= 11 is 0. The van der Waals surface area contributed by atoms with E-state index in [-0.39, 0.29) is 11.9 Å². The molecular weight excluding hydrogens is 312 g/mol. The summed E-state index contributed by atoms with van der Waals surface area (Å²) in [7, 11) is 0. The number of aromatic nitrogens is 2. The Balaban J connectivity index is 1.47. The van der Waals surface area contributed by atoms with Crippen molar-refractivity contribution in [1.29, 1.82) is 0 Å². The molecule has 0 unspecified atom stereocenters. The van der Waals surface area contributed by atoms with Crippen LogP contribution in [-0.4, -0.2) is 46.7 Å². The van der Waals surface area contributed by atoms with Crippen molar-refractivity contribution >= 4 is 11.6 Å². The Morgan fingerprint density at radius 1 is 1.32 bits per heavy atom. The van der Waals surface area contributed by atoms with Crippen molar-refractivity contribution in [3.63, 3.8) is 0 Å². The molecule has 1 saturated heterocycles. The molecule has 2 aromatic rings. The number of fused-ring (bicyclic) bond motifs is 1. The zero-order valence-corrected chi connectivity index (χ0v) is 15.0. The molecule has 0 aliphatic carbocycles. The Morgan fingerprint density at radius 2 is 2.16 bits per heavy atom. The van der Waals surface area contributed by atoms with E-state index >= 15 is 0 Å². The van der Waals surface area contributed by atoms with Crippen LogP contribution in [0.25, 0.3) is 0 Å². The predicted molar refractivity (Wildman–Crippen MR) is 98.8 cm³/mol. The Labute approximate surface area is 149 Å². The van der Waals surface area contributed by atoms with Crippen molar-refractivity contribution in [2.45, 2.75) is 45.1 Å². The first-order chi connectivity index (χ1) is 12.1. The van der Waals surface area contributed by atoms with Crippen molar-refractivity contribution in [3.8, 4) is 0 Å². The second-order valence-corrected chi connectivity index (χ2v) is 7.35. The molecule has 0 bridgehead atoms. The van der Waals surface area contributed by atoms with Crippen LogP contribution in [0.4, 0.5) is 5.69 Å². The van der Waals surface area contributed by atoms with Crippen LogP contribution < -0.4 is 4.90 Å². The molecule has 2 aliphatic rings. The number of hydrogen-bond acceptors (Lipinski definition) is 3. The zero-order chi connectivity index (χ0) is 17.4. The van der Waals surface area contributed by atoms with Gasteiger partial charge in [-0.05, 0) is 57.4 Å². The summed E-state index contributed by atoms with van der Waals surface area (Å²) in [6.45, 7) is 6.79. The van der Waals surface area contributed by atoms with Gasteiger partial charge in [0, 0.05) is 30.4 Å². The van der Waals surface area contributed by atoms with Crippen LogP contribution in [0.5, 0.6) is 0 Å². The molecule has 2 atom stereocenters. The monoisotopic (exact) mass is 338 g/mol. The van der Waals surface area contributed by atoms with E-state index in [1.165, 1.54) is 5.56 Å². The highest BCUT2D eigenvalue weighted by molar-refractivity contribution is 5.98. The zero-order valence-electron chi connectivity index (χ0n) is 15.0. The number of piperidine rings is 1. The first-order valence-corrected chi connectivity index (χ1v) is 9.28. The minimum atomic E-state index is -0.0889. The third-order valence-electron chi connectivity index (χ3n) is 5.66. The highest BCUT2D eigenvalue weighted by Gasteiger charge is 2.33.